The molecule has 0 bridgehead atoms. The number of halogens is 1. The molecule has 2 aliphatic heterocycles. The van der Waals surface area contributed by atoms with Crippen LogP contribution in [0.4, 0.5) is 5.69 Å². The zero-order valence-corrected chi connectivity index (χ0v) is 17.3. The smallest absolute Gasteiger partial charge is 0.246 e. The summed E-state index contributed by atoms with van der Waals surface area (Å²) in [7, 11) is 0. The summed E-state index contributed by atoms with van der Waals surface area (Å²) in [6.07, 6.45) is 4.23. The fourth-order valence-electron chi connectivity index (χ4n) is 3.64. The first kappa shape index (κ1) is 20.1. The SMILES string of the molecule is N#Cc1ccc(N2CCCN(C(=O)/C=C/c3cc(Cl)c4c(c3)OCCO4)CC2)cc1. The van der Waals surface area contributed by atoms with Crippen molar-refractivity contribution < 1.29 is 14.3 Å². The van der Waals surface area contributed by atoms with E-state index in [1.165, 1.54) is 0 Å². The summed E-state index contributed by atoms with van der Waals surface area (Å²) < 4.78 is 11.1. The van der Waals surface area contributed by atoms with Crippen LogP contribution in [0.15, 0.2) is 42.5 Å². The van der Waals surface area contributed by atoms with Crippen LogP contribution < -0.4 is 14.4 Å². The van der Waals surface area contributed by atoms with Gasteiger partial charge in [-0.3, -0.25) is 4.79 Å². The Labute approximate surface area is 180 Å². The fourth-order valence-corrected chi connectivity index (χ4v) is 3.92. The maximum Gasteiger partial charge on any atom is 0.246 e. The molecule has 2 aromatic rings. The first-order chi connectivity index (χ1) is 14.6. The van der Waals surface area contributed by atoms with Crippen molar-refractivity contribution in [2.75, 3.05) is 44.3 Å². The topological polar surface area (TPSA) is 65.8 Å². The van der Waals surface area contributed by atoms with Gasteiger partial charge in [-0.1, -0.05) is 11.6 Å². The van der Waals surface area contributed by atoms with Crippen LogP contribution in [-0.4, -0.2) is 50.2 Å². The Bertz CT molecular complexity index is 998. The summed E-state index contributed by atoms with van der Waals surface area (Å²) in [6.45, 7) is 3.94. The Kier molecular flexibility index (Phi) is 6.10. The van der Waals surface area contributed by atoms with E-state index in [0.29, 0.717) is 48.4 Å². The third-order valence-corrected chi connectivity index (χ3v) is 5.49. The number of hydrogen-bond donors (Lipinski definition) is 0. The second-order valence-electron chi connectivity index (χ2n) is 7.18. The molecule has 30 heavy (non-hydrogen) atoms. The van der Waals surface area contributed by atoms with Gasteiger partial charge in [-0.05, 0) is 54.5 Å². The molecule has 1 fully saturated rings. The summed E-state index contributed by atoms with van der Waals surface area (Å²) >= 11 is 6.27. The van der Waals surface area contributed by atoms with Crippen molar-refractivity contribution in [3.05, 3.63) is 58.6 Å². The number of nitriles is 1. The predicted molar refractivity (Wildman–Crippen MR) is 116 cm³/mol. The van der Waals surface area contributed by atoms with Crippen LogP contribution in [0, 0.1) is 11.3 Å². The third kappa shape index (κ3) is 4.52. The molecule has 2 aromatic carbocycles. The molecule has 0 aromatic heterocycles. The lowest BCUT2D eigenvalue weighted by atomic mass is 10.1. The molecule has 7 heteroatoms. The average Bonchev–Trinajstić information content (AvgIpc) is 3.04. The second kappa shape index (κ2) is 9.10. The molecule has 2 heterocycles. The first-order valence-corrected chi connectivity index (χ1v) is 10.3. The highest BCUT2D eigenvalue weighted by Crippen LogP contribution is 2.38. The number of fused-ring (bicyclic) bond motifs is 1. The molecule has 1 amide bonds. The van der Waals surface area contributed by atoms with Gasteiger partial charge in [-0.15, -0.1) is 0 Å². The number of carbonyl (C=O) groups excluding carboxylic acids is 1. The van der Waals surface area contributed by atoms with Crippen molar-refractivity contribution in [2.24, 2.45) is 0 Å². The van der Waals surface area contributed by atoms with Crippen LogP contribution in [0.1, 0.15) is 17.5 Å². The number of amides is 1. The van der Waals surface area contributed by atoms with Gasteiger partial charge < -0.3 is 19.3 Å². The molecular weight excluding hydrogens is 402 g/mol. The van der Waals surface area contributed by atoms with Gasteiger partial charge in [0.1, 0.15) is 13.2 Å². The minimum atomic E-state index is -0.0253. The van der Waals surface area contributed by atoms with E-state index in [4.69, 9.17) is 26.3 Å². The average molecular weight is 424 g/mol. The number of nitrogens with zero attached hydrogens (tertiary/aromatic N) is 3. The van der Waals surface area contributed by atoms with Gasteiger partial charge in [0.05, 0.1) is 16.7 Å². The lowest BCUT2D eigenvalue weighted by Crippen LogP contribution is -2.34. The quantitative estimate of drug-likeness (QED) is 0.704. The van der Waals surface area contributed by atoms with Crippen LogP contribution >= 0.6 is 11.6 Å². The number of benzene rings is 2. The molecule has 4 rings (SSSR count). The molecule has 0 N–H and O–H groups in total. The minimum Gasteiger partial charge on any atom is -0.486 e. The van der Waals surface area contributed by atoms with Crippen LogP contribution in [0.25, 0.3) is 6.08 Å². The van der Waals surface area contributed by atoms with Crippen LogP contribution in [0.5, 0.6) is 11.5 Å². The molecule has 1 saturated heterocycles. The summed E-state index contributed by atoms with van der Waals surface area (Å²) in [4.78, 5) is 16.8. The van der Waals surface area contributed by atoms with Gasteiger partial charge in [-0.25, -0.2) is 0 Å². The lowest BCUT2D eigenvalue weighted by Gasteiger charge is -2.23. The summed E-state index contributed by atoms with van der Waals surface area (Å²) in [5, 5.41) is 9.43. The van der Waals surface area contributed by atoms with E-state index in [-0.39, 0.29) is 5.91 Å². The van der Waals surface area contributed by atoms with E-state index >= 15 is 0 Å². The Balaban J connectivity index is 1.39. The Hall–Kier alpha value is -3.17. The van der Waals surface area contributed by atoms with E-state index in [0.717, 1.165) is 30.8 Å². The Morgan fingerprint density at radius 1 is 1.07 bits per heavy atom. The molecule has 154 valence electrons. The Morgan fingerprint density at radius 3 is 2.67 bits per heavy atom. The lowest BCUT2D eigenvalue weighted by molar-refractivity contribution is -0.125. The standard InChI is InChI=1S/C23H22ClN3O3/c24-20-14-18(15-21-23(20)30-13-12-29-21)4-7-22(28)27-9-1-8-26(10-11-27)19-5-2-17(16-25)3-6-19/h2-7,14-15H,1,8-13H2/b7-4+. The molecule has 0 radical (unpaired) electrons. The van der Waals surface area contributed by atoms with E-state index in [1.54, 1.807) is 18.2 Å². The van der Waals surface area contributed by atoms with Crippen molar-refractivity contribution >= 4 is 29.3 Å². The molecule has 0 aliphatic carbocycles. The minimum absolute atomic E-state index is 0.0253. The number of hydrogen-bond acceptors (Lipinski definition) is 5. The molecular formula is C23H22ClN3O3. The maximum atomic E-state index is 12.7. The highest BCUT2D eigenvalue weighted by molar-refractivity contribution is 6.32. The molecule has 0 saturated carbocycles. The zero-order chi connectivity index (χ0) is 20.9. The molecule has 0 unspecified atom stereocenters. The highest BCUT2D eigenvalue weighted by Gasteiger charge is 2.19. The number of rotatable bonds is 3. The Morgan fingerprint density at radius 2 is 1.87 bits per heavy atom. The monoisotopic (exact) mass is 423 g/mol. The van der Waals surface area contributed by atoms with Crippen molar-refractivity contribution in [3.8, 4) is 17.6 Å². The number of ether oxygens (including phenoxy) is 2. The van der Waals surface area contributed by atoms with Gasteiger partial charge in [0.15, 0.2) is 11.5 Å². The van der Waals surface area contributed by atoms with Crippen molar-refractivity contribution in [3.63, 3.8) is 0 Å². The van der Waals surface area contributed by atoms with E-state index in [2.05, 4.69) is 11.0 Å². The van der Waals surface area contributed by atoms with E-state index in [1.807, 2.05) is 35.2 Å². The normalized spacial score (nSPS) is 16.3. The summed E-state index contributed by atoms with van der Waals surface area (Å²) in [6, 6.07) is 13.3. The number of anilines is 1. The highest BCUT2D eigenvalue weighted by atomic mass is 35.5. The molecule has 0 atom stereocenters. The van der Waals surface area contributed by atoms with E-state index < -0.39 is 0 Å². The fraction of sp³-hybridized carbons (Fsp3) is 0.304. The molecule has 2 aliphatic rings. The summed E-state index contributed by atoms with van der Waals surface area (Å²) in [5.41, 5.74) is 2.52. The van der Waals surface area contributed by atoms with Crippen LogP contribution in [0.2, 0.25) is 5.02 Å². The molecule has 6 nitrogen and oxygen atoms in total. The number of carbonyl (C=O) groups is 1. The van der Waals surface area contributed by atoms with Crippen molar-refractivity contribution in [2.45, 2.75) is 6.42 Å². The van der Waals surface area contributed by atoms with Gasteiger partial charge in [0.2, 0.25) is 5.91 Å². The zero-order valence-electron chi connectivity index (χ0n) is 16.5. The predicted octanol–water partition coefficient (Wildman–Crippen LogP) is 3.73. The third-order valence-electron chi connectivity index (χ3n) is 5.21. The first-order valence-electron chi connectivity index (χ1n) is 9.95. The van der Waals surface area contributed by atoms with Crippen LogP contribution in [-0.2, 0) is 4.79 Å². The van der Waals surface area contributed by atoms with Gasteiger partial charge >= 0.3 is 0 Å². The van der Waals surface area contributed by atoms with Gasteiger partial charge in [0.25, 0.3) is 0 Å². The molecule has 0 spiro atoms. The van der Waals surface area contributed by atoms with Crippen molar-refractivity contribution in [1.29, 1.82) is 5.26 Å². The largest absolute Gasteiger partial charge is 0.486 e. The maximum absolute atomic E-state index is 12.7. The van der Waals surface area contributed by atoms with Gasteiger partial charge in [-0.2, -0.15) is 5.26 Å². The van der Waals surface area contributed by atoms with E-state index in [9.17, 15) is 4.79 Å². The van der Waals surface area contributed by atoms with Gasteiger partial charge in [0, 0.05) is 37.9 Å². The van der Waals surface area contributed by atoms with Crippen molar-refractivity contribution in [1.82, 2.24) is 4.90 Å². The summed E-state index contributed by atoms with van der Waals surface area (Å²) in [5.74, 6) is 1.14. The van der Waals surface area contributed by atoms with Crippen LogP contribution in [0.3, 0.4) is 0 Å². The second-order valence-corrected chi connectivity index (χ2v) is 7.59.